The van der Waals surface area contributed by atoms with Gasteiger partial charge in [-0.25, -0.2) is 4.98 Å². The van der Waals surface area contributed by atoms with Crippen LogP contribution in [0.3, 0.4) is 0 Å². The molecule has 2 N–H and O–H groups in total. The first-order valence-corrected chi connectivity index (χ1v) is 8.74. The van der Waals surface area contributed by atoms with E-state index < -0.39 is 11.4 Å². The van der Waals surface area contributed by atoms with Crippen LogP contribution in [-0.2, 0) is 9.53 Å². The minimum Gasteiger partial charge on any atom is -0.481 e. The van der Waals surface area contributed by atoms with Gasteiger partial charge in [-0.1, -0.05) is 30.3 Å². The van der Waals surface area contributed by atoms with E-state index in [2.05, 4.69) is 9.97 Å². The van der Waals surface area contributed by atoms with Gasteiger partial charge in [0.15, 0.2) is 0 Å². The molecule has 0 bridgehead atoms. The first-order chi connectivity index (χ1) is 12.5. The maximum Gasteiger partial charge on any atom is 0.314 e. The Kier molecular flexibility index (Phi) is 4.03. The summed E-state index contributed by atoms with van der Waals surface area (Å²) in [6, 6.07) is 9.60. The molecular weight excluding hydrogens is 334 g/mol. The molecule has 2 aliphatic rings. The van der Waals surface area contributed by atoms with Gasteiger partial charge in [-0.2, -0.15) is 0 Å². The molecule has 1 aromatic carbocycles. The lowest BCUT2D eigenvalue weighted by Gasteiger charge is -2.33. The Hall–Kier alpha value is -2.67. The molecule has 1 aromatic heterocycles. The minimum atomic E-state index is -1.000. The number of aryl methyl sites for hydroxylation is 1. The molecule has 2 aromatic rings. The van der Waals surface area contributed by atoms with Crippen LogP contribution >= 0.6 is 0 Å². The summed E-state index contributed by atoms with van der Waals surface area (Å²) in [4.78, 5) is 34.2. The Labute approximate surface area is 151 Å². The monoisotopic (exact) mass is 355 g/mol. The van der Waals surface area contributed by atoms with E-state index in [0.29, 0.717) is 36.8 Å². The second kappa shape index (κ2) is 6.25. The summed E-state index contributed by atoms with van der Waals surface area (Å²) < 4.78 is 5.43. The molecule has 2 fully saturated rings. The van der Waals surface area contributed by atoms with Gasteiger partial charge in [0.25, 0.3) is 5.91 Å². The number of nitrogens with zero attached hydrogens (tertiary/aromatic N) is 2. The number of H-pyrrole nitrogens is 1. The highest BCUT2D eigenvalue weighted by molar-refractivity contribution is 5.95. The lowest BCUT2D eigenvalue weighted by atomic mass is 9.76. The zero-order valence-corrected chi connectivity index (χ0v) is 14.6. The molecular formula is C19H21N3O4. The first-order valence-electron chi connectivity index (χ1n) is 8.74. The van der Waals surface area contributed by atoms with Crippen molar-refractivity contribution in [1.82, 2.24) is 14.9 Å². The van der Waals surface area contributed by atoms with Gasteiger partial charge in [-0.15, -0.1) is 0 Å². The Morgan fingerprint density at radius 2 is 2.12 bits per heavy atom. The number of ether oxygens (including phenoxy) is 1. The van der Waals surface area contributed by atoms with Crippen LogP contribution in [0, 0.1) is 18.3 Å². The van der Waals surface area contributed by atoms with Crippen LogP contribution in [-0.4, -0.2) is 58.2 Å². The van der Waals surface area contributed by atoms with Crippen LogP contribution in [0.25, 0.3) is 11.4 Å². The van der Waals surface area contributed by atoms with Gasteiger partial charge in [0.1, 0.15) is 16.9 Å². The summed E-state index contributed by atoms with van der Waals surface area (Å²) in [6.07, 6.45) is 0.658. The number of carbonyl (C=O) groups excluding carboxylic acids is 1. The van der Waals surface area contributed by atoms with Crippen molar-refractivity contribution in [2.75, 3.05) is 26.3 Å². The fourth-order valence-corrected chi connectivity index (χ4v) is 4.00. The van der Waals surface area contributed by atoms with E-state index in [1.165, 1.54) is 0 Å². The van der Waals surface area contributed by atoms with Crippen LogP contribution in [0.5, 0.6) is 0 Å². The number of hydrogen-bond acceptors (Lipinski definition) is 4. The van der Waals surface area contributed by atoms with Crippen molar-refractivity contribution in [1.29, 1.82) is 0 Å². The number of aromatic amines is 1. The zero-order valence-electron chi connectivity index (χ0n) is 14.6. The summed E-state index contributed by atoms with van der Waals surface area (Å²) in [5.74, 6) is -0.554. The van der Waals surface area contributed by atoms with E-state index in [1.807, 2.05) is 37.3 Å². The molecule has 0 aliphatic carbocycles. The van der Waals surface area contributed by atoms with Gasteiger partial charge in [0, 0.05) is 31.0 Å². The molecule has 7 nitrogen and oxygen atoms in total. The van der Waals surface area contributed by atoms with E-state index in [-0.39, 0.29) is 25.0 Å². The number of amides is 1. The second-order valence-electron chi connectivity index (χ2n) is 7.11. The number of rotatable bonds is 3. The maximum atomic E-state index is 13.0. The van der Waals surface area contributed by atoms with Crippen LogP contribution in [0.4, 0.5) is 0 Å². The van der Waals surface area contributed by atoms with E-state index >= 15 is 0 Å². The van der Waals surface area contributed by atoms with Gasteiger partial charge in [0.05, 0.1) is 6.61 Å². The van der Waals surface area contributed by atoms with Gasteiger partial charge in [-0.05, 0) is 19.3 Å². The fourth-order valence-electron chi connectivity index (χ4n) is 4.00. The standard InChI is InChI=1S/C19H21N3O4/c1-12-15(21-16(20-12)13-5-3-2-4-6-13)17(23)22-9-14-7-8-26-11-19(14,10-22)18(24)25/h2-6,14H,7-11H2,1H3,(H,20,21)(H,24,25)/t14-,19+/m0/s1. The highest BCUT2D eigenvalue weighted by atomic mass is 16.5. The van der Waals surface area contributed by atoms with Gasteiger partial charge in [0.2, 0.25) is 0 Å². The molecule has 7 heteroatoms. The third kappa shape index (κ3) is 2.59. The number of aliphatic carboxylic acids is 1. The normalized spacial score (nSPS) is 25.1. The van der Waals surface area contributed by atoms with E-state index in [0.717, 1.165) is 5.56 Å². The topological polar surface area (TPSA) is 95.5 Å². The highest BCUT2D eigenvalue weighted by Gasteiger charge is 2.55. The molecule has 2 atom stereocenters. The molecule has 136 valence electrons. The molecule has 1 amide bonds. The third-order valence-corrected chi connectivity index (χ3v) is 5.51. The van der Waals surface area contributed by atoms with Crippen molar-refractivity contribution in [3.05, 3.63) is 41.7 Å². The van der Waals surface area contributed by atoms with Crippen molar-refractivity contribution < 1.29 is 19.4 Å². The van der Waals surface area contributed by atoms with E-state index in [4.69, 9.17) is 4.74 Å². The number of fused-ring (bicyclic) bond motifs is 1. The lowest BCUT2D eigenvalue weighted by molar-refractivity contribution is -0.159. The van der Waals surface area contributed by atoms with Crippen molar-refractivity contribution in [2.45, 2.75) is 13.3 Å². The largest absolute Gasteiger partial charge is 0.481 e. The van der Waals surface area contributed by atoms with E-state index in [1.54, 1.807) is 4.90 Å². The van der Waals surface area contributed by atoms with E-state index in [9.17, 15) is 14.7 Å². The molecule has 0 spiro atoms. The van der Waals surface area contributed by atoms with Gasteiger partial charge in [-0.3, -0.25) is 9.59 Å². The van der Waals surface area contributed by atoms with Crippen molar-refractivity contribution in [3.63, 3.8) is 0 Å². The second-order valence-corrected chi connectivity index (χ2v) is 7.11. The Morgan fingerprint density at radius 1 is 1.35 bits per heavy atom. The number of benzene rings is 1. The number of imidazole rings is 1. The first kappa shape index (κ1) is 16.8. The quantitative estimate of drug-likeness (QED) is 0.877. The number of carboxylic acid groups (broad SMARTS) is 1. The summed E-state index contributed by atoms with van der Waals surface area (Å²) in [7, 11) is 0. The highest BCUT2D eigenvalue weighted by Crippen LogP contribution is 2.42. The van der Waals surface area contributed by atoms with Crippen LogP contribution in [0.2, 0.25) is 0 Å². The maximum absolute atomic E-state index is 13.0. The van der Waals surface area contributed by atoms with Crippen LogP contribution in [0.1, 0.15) is 22.6 Å². The smallest absolute Gasteiger partial charge is 0.314 e. The van der Waals surface area contributed by atoms with Crippen molar-refractivity contribution in [3.8, 4) is 11.4 Å². The molecule has 0 radical (unpaired) electrons. The van der Waals surface area contributed by atoms with Crippen molar-refractivity contribution in [2.24, 2.45) is 11.3 Å². The van der Waals surface area contributed by atoms with Crippen LogP contribution in [0.15, 0.2) is 30.3 Å². The van der Waals surface area contributed by atoms with Gasteiger partial charge >= 0.3 is 5.97 Å². The molecule has 26 heavy (non-hydrogen) atoms. The van der Waals surface area contributed by atoms with Crippen molar-refractivity contribution >= 4 is 11.9 Å². The average molecular weight is 355 g/mol. The minimum absolute atomic E-state index is 0.0782. The molecule has 4 rings (SSSR count). The average Bonchev–Trinajstić information content (AvgIpc) is 3.23. The van der Waals surface area contributed by atoms with Gasteiger partial charge < -0.3 is 19.7 Å². The molecule has 2 saturated heterocycles. The summed E-state index contributed by atoms with van der Waals surface area (Å²) in [5, 5.41) is 9.74. The summed E-state index contributed by atoms with van der Waals surface area (Å²) in [5.41, 5.74) is 0.939. The molecule has 2 aliphatic heterocycles. The zero-order chi connectivity index (χ0) is 18.3. The summed E-state index contributed by atoms with van der Waals surface area (Å²) >= 11 is 0. The SMILES string of the molecule is Cc1[nH]c(-c2ccccc2)nc1C(=O)N1C[C@@H]2CCOC[C@]2(C(=O)O)C1. The predicted octanol–water partition coefficient (Wildman–Crippen LogP) is 1.95. The third-order valence-electron chi connectivity index (χ3n) is 5.51. The Balaban J connectivity index is 1.61. The number of aromatic nitrogens is 2. The predicted molar refractivity (Wildman–Crippen MR) is 93.7 cm³/mol. The molecule has 0 unspecified atom stereocenters. The number of likely N-dealkylation sites (tertiary alicyclic amines) is 1. The Morgan fingerprint density at radius 3 is 2.81 bits per heavy atom. The molecule has 3 heterocycles. The molecule has 0 saturated carbocycles. The number of hydrogen-bond donors (Lipinski definition) is 2. The summed E-state index contributed by atoms with van der Waals surface area (Å²) in [6.45, 7) is 3.11. The Bertz CT molecular complexity index is 848. The fraction of sp³-hybridized carbons (Fsp3) is 0.421. The number of carboxylic acids is 1. The van der Waals surface area contributed by atoms with Crippen LogP contribution < -0.4 is 0 Å². The lowest BCUT2D eigenvalue weighted by Crippen LogP contribution is -2.46. The number of carbonyl (C=O) groups is 2. The number of nitrogens with one attached hydrogen (secondary N) is 1.